The number of hydrogen-bond acceptors (Lipinski definition) is 4. The molecule has 1 atom stereocenters. The van der Waals surface area contributed by atoms with Crippen LogP contribution in [0.3, 0.4) is 0 Å². The van der Waals surface area contributed by atoms with Gasteiger partial charge in [-0.3, -0.25) is 9.48 Å². The van der Waals surface area contributed by atoms with Crippen molar-refractivity contribution in [3.05, 3.63) is 65.7 Å². The van der Waals surface area contributed by atoms with Crippen molar-refractivity contribution < 1.29 is 23.1 Å². The number of benzene rings is 1. The molecule has 0 saturated carbocycles. The summed E-state index contributed by atoms with van der Waals surface area (Å²) in [4.78, 5) is 12.4. The summed E-state index contributed by atoms with van der Waals surface area (Å²) in [6.07, 6.45) is 1.82. The number of carbonyl (C=O) groups excluding carboxylic acids is 1. The van der Waals surface area contributed by atoms with Crippen molar-refractivity contribution in [2.75, 3.05) is 6.54 Å². The van der Waals surface area contributed by atoms with E-state index in [2.05, 4.69) is 10.4 Å². The minimum absolute atomic E-state index is 0.0127. The van der Waals surface area contributed by atoms with E-state index in [1.54, 1.807) is 19.2 Å². The Morgan fingerprint density at radius 1 is 1.40 bits per heavy atom. The lowest BCUT2D eigenvalue weighted by atomic mass is 10.1. The molecule has 6 nitrogen and oxygen atoms in total. The number of aliphatic hydroxyl groups excluding tert-OH is 1. The number of aromatic nitrogens is 2. The van der Waals surface area contributed by atoms with Crippen molar-refractivity contribution in [2.45, 2.75) is 6.10 Å². The number of nitrogens with zero attached hydrogens (tertiary/aromatic N) is 2. The van der Waals surface area contributed by atoms with Crippen LogP contribution in [0, 0.1) is 11.6 Å². The molecule has 0 fully saturated rings. The van der Waals surface area contributed by atoms with Gasteiger partial charge in [0.05, 0.1) is 18.4 Å². The fourth-order valence-electron chi connectivity index (χ4n) is 2.40. The van der Waals surface area contributed by atoms with Crippen LogP contribution in [0.4, 0.5) is 8.78 Å². The molecule has 2 aromatic heterocycles. The van der Waals surface area contributed by atoms with E-state index in [4.69, 9.17) is 4.42 Å². The van der Waals surface area contributed by atoms with E-state index in [1.165, 1.54) is 23.2 Å². The third-order valence-corrected chi connectivity index (χ3v) is 3.59. The van der Waals surface area contributed by atoms with Gasteiger partial charge in [-0.1, -0.05) is 0 Å². The molecule has 0 aliphatic rings. The van der Waals surface area contributed by atoms with Crippen LogP contribution in [0.5, 0.6) is 0 Å². The number of aliphatic hydroxyl groups is 1. The Bertz CT molecular complexity index is 891. The molecule has 3 aromatic rings. The quantitative estimate of drug-likeness (QED) is 0.743. The Morgan fingerprint density at radius 2 is 2.20 bits per heavy atom. The van der Waals surface area contributed by atoms with Gasteiger partial charge in [-0.2, -0.15) is 5.10 Å². The number of carbonyl (C=O) groups is 1. The van der Waals surface area contributed by atoms with Crippen LogP contribution in [0.2, 0.25) is 0 Å². The third-order valence-electron chi connectivity index (χ3n) is 3.59. The Labute approximate surface area is 141 Å². The molecular weight excluding hydrogens is 332 g/mol. The van der Waals surface area contributed by atoms with Crippen molar-refractivity contribution in [1.29, 1.82) is 0 Å². The molecule has 2 N–H and O–H groups in total. The summed E-state index contributed by atoms with van der Waals surface area (Å²) < 4.78 is 33.5. The summed E-state index contributed by atoms with van der Waals surface area (Å²) in [6.45, 7) is -0.0907. The summed E-state index contributed by atoms with van der Waals surface area (Å²) in [7, 11) is 1.58. The minimum atomic E-state index is -1.01. The lowest BCUT2D eigenvalue weighted by Gasteiger charge is -2.10. The molecule has 1 unspecified atom stereocenters. The van der Waals surface area contributed by atoms with E-state index < -0.39 is 23.6 Å². The molecule has 0 aliphatic heterocycles. The van der Waals surface area contributed by atoms with Crippen LogP contribution >= 0.6 is 0 Å². The van der Waals surface area contributed by atoms with Gasteiger partial charge in [-0.25, -0.2) is 8.78 Å². The van der Waals surface area contributed by atoms with Gasteiger partial charge < -0.3 is 14.8 Å². The molecule has 25 heavy (non-hydrogen) atoms. The largest absolute Gasteiger partial charge is 0.467 e. The first kappa shape index (κ1) is 16.8. The first-order chi connectivity index (χ1) is 12.0. The maximum atomic E-state index is 14.0. The molecule has 3 rings (SSSR count). The van der Waals surface area contributed by atoms with Gasteiger partial charge in [0.1, 0.15) is 29.2 Å². The first-order valence-electron chi connectivity index (χ1n) is 7.44. The van der Waals surface area contributed by atoms with E-state index in [1.807, 2.05) is 0 Å². The normalized spacial score (nSPS) is 12.2. The number of aryl methyl sites for hydroxylation is 1. The summed E-state index contributed by atoms with van der Waals surface area (Å²) in [5, 5.41) is 16.6. The molecule has 0 radical (unpaired) electrons. The van der Waals surface area contributed by atoms with Gasteiger partial charge in [-0.05, 0) is 24.3 Å². The zero-order valence-corrected chi connectivity index (χ0v) is 13.2. The Kier molecular flexibility index (Phi) is 4.62. The smallest absolute Gasteiger partial charge is 0.255 e. The Morgan fingerprint density at radius 3 is 2.88 bits per heavy atom. The van der Waals surface area contributed by atoms with Crippen LogP contribution in [-0.2, 0) is 7.05 Å². The molecule has 1 aromatic carbocycles. The van der Waals surface area contributed by atoms with E-state index >= 15 is 0 Å². The standard InChI is InChI=1S/C17H15F2N3O3/c1-22-9-12(16(21-22)11-5-4-10(18)7-13(11)19)17(24)20-8-14(23)15-3-2-6-25-15/h2-7,9,14,23H,8H2,1H3,(H,20,24). The predicted molar refractivity (Wildman–Crippen MR) is 84.6 cm³/mol. The molecular formula is C17H15F2N3O3. The van der Waals surface area contributed by atoms with Gasteiger partial charge >= 0.3 is 0 Å². The summed E-state index contributed by atoms with van der Waals surface area (Å²) in [5.74, 6) is -1.76. The fraction of sp³-hybridized carbons (Fsp3) is 0.176. The number of halogens is 2. The molecule has 2 heterocycles. The monoisotopic (exact) mass is 347 g/mol. The topological polar surface area (TPSA) is 80.3 Å². The van der Waals surface area contributed by atoms with Gasteiger partial charge in [0.2, 0.25) is 0 Å². The molecule has 0 saturated heterocycles. The highest BCUT2D eigenvalue weighted by Gasteiger charge is 2.21. The Hall–Kier alpha value is -3.00. The minimum Gasteiger partial charge on any atom is -0.467 e. The number of amides is 1. The third kappa shape index (κ3) is 3.58. The van der Waals surface area contributed by atoms with E-state index in [9.17, 15) is 18.7 Å². The summed E-state index contributed by atoms with van der Waals surface area (Å²) >= 11 is 0. The maximum Gasteiger partial charge on any atom is 0.255 e. The summed E-state index contributed by atoms with van der Waals surface area (Å²) in [5.41, 5.74) is 0.211. The average molecular weight is 347 g/mol. The van der Waals surface area contributed by atoms with Crippen molar-refractivity contribution in [3.8, 4) is 11.3 Å². The number of nitrogens with one attached hydrogen (secondary N) is 1. The maximum absolute atomic E-state index is 14.0. The van der Waals surface area contributed by atoms with E-state index in [-0.39, 0.29) is 23.4 Å². The lowest BCUT2D eigenvalue weighted by molar-refractivity contribution is 0.0901. The molecule has 8 heteroatoms. The lowest BCUT2D eigenvalue weighted by Crippen LogP contribution is -2.28. The highest BCUT2D eigenvalue weighted by Crippen LogP contribution is 2.25. The highest BCUT2D eigenvalue weighted by atomic mass is 19.1. The average Bonchev–Trinajstić information content (AvgIpc) is 3.22. The van der Waals surface area contributed by atoms with Gasteiger partial charge in [0, 0.05) is 24.9 Å². The first-order valence-corrected chi connectivity index (χ1v) is 7.44. The van der Waals surface area contributed by atoms with Crippen LogP contribution in [0.15, 0.2) is 47.2 Å². The van der Waals surface area contributed by atoms with Gasteiger partial charge in [-0.15, -0.1) is 0 Å². The molecule has 0 aliphatic carbocycles. The molecule has 0 bridgehead atoms. The summed E-state index contributed by atoms with van der Waals surface area (Å²) in [6, 6.07) is 6.25. The second-order valence-corrected chi connectivity index (χ2v) is 5.43. The molecule has 1 amide bonds. The SMILES string of the molecule is Cn1cc(C(=O)NCC(O)c2ccco2)c(-c2ccc(F)cc2F)n1. The predicted octanol–water partition coefficient (Wildman–Crippen LogP) is 2.42. The number of hydrogen-bond donors (Lipinski definition) is 2. The molecule has 130 valence electrons. The Balaban J connectivity index is 1.81. The second kappa shape index (κ2) is 6.86. The van der Waals surface area contributed by atoms with Crippen molar-refractivity contribution >= 4 is 5.91 Å². The van der Waals surface area contributed by atoms with Crippen LogP contribution in [-0.4, -0.2) is 27.3 Å². The van der Waals surface area contributed by atoms with Crippen molar-refractivity contribution in [1.82, 2.24) is 15.1 Å². The van der Waals surface area contributed by atoms with Crippen LogP contribution in [0.25, 0.3) is 11.3 Å². The fourth-order valence-corrected chi connectivity index (χ4v) is 2.40. The zero-order valence-electron chi connectivity index (χ0n) is 13.2. The van der Waals surface area contributed by atoms with Crippen LogP contribution < -0.4 is 5.32 Å². The van der Waals surface area contributed by atoms with Gasteiger partial charge in [0.25, 0.3) is 5.91 Å². The zero-order chi connectivity index (χ0) is 18.0. The highest BCUT2D eigenvalue weighted by molar-refractivity contribution is 5.99. The van der Waals surface area contributed by atoms with Gasteiger partial charge in [0.15, 0.2) is 0 Å². The number of rotatable bonds is 5. The second-order valence-electron chi connectivity index (χ2n) is 5.43. The van der Waals surface area contributed by atoms with Crippen LogP contribution in [0.1, 0.15) is 22.2 Å². The van der Waals surface area contributed by atoms with Crippen molar-refractivity contribution in [2.24, 2.45) is 7.05 Å². The van der Waals surface area contributed by atoms with Crippen molar-refractivity contribution in [3.63, 3.8) is 0 Å². The van der Waals surface area contributed by atoms with E-state index in [0.717, 1.165) is 12.1 Å². The molecule has 0 spiro atoms. The number of furan rings is 1. The van der Waals surface area contributed by atoms with E-state index in [0.29, 0.717) is 5.76 Å².